The molecular weight excluding hydrogens is 525 g/mol. The van der Waals surface area contributed by atoms with E-state index in [4.69, 9.17) is 27.9 Å². The number of nitrogens with zero attached hydrogens (tertiary/aromatic N) is 2. The normalized spacial score (nSPS) is 45.6. The van der Waals surface area contributed by atoms with Crippen LogP contribution in [0.15, 0.2) is 0 Å². The molecule has 5 saturated heterocycles. The van der Waals surface area contributed by atoms with Crippen LogP contribution in [-0.2, 0) is 14.3 Å². The van der Waals surface area contributed by atoms with Gasteiger partial charge < -0.3 is 20.3 Å². The number of halogens is 2. The van der Waals surface area contributed by atoms with Crippen LogP contribution < -0.4 is 26.7 Å². The van der Waals surface area contributed by atoms with Crippen molar-refractivity contribution < 1.29 is 14.3 Å². The lowest BCUT2D eigenvalue weighted by Gasteiger charge is -2.45. The van der Waals surface area contributed by atoms with Crippen molar-refractivity contribution in [2.24, 2.45) is 17.8 Å². The molecule has 5 N–H and O–H groups in total. The van der Waals surface area contributed by atoms with E-state index in [0.717, 1.165) is 12.8 Å². The van der Waals surface area contributed by atoms with Crippen LogP contribution in [0, 0.1) is 17.8 Å². The summed E-state index contributed by atoms with van der Waals surface area (Å²) >= 11 is 14.5. The Labute approximate surface area is 227 Å². The summed E-state index contributed by atoms with van der Waals surface area (Å²) in [5.74, 6) is 0.414. The molecule has 0 aromatic heterocycles. The molecule has 0 aromatic carbocycles. The van der Waals surface area contributed by atoms with E-state index in [1.807, 2.05) is 17.0 Å². The maximum Gasteiger partial charge on any atom is 0.242 e. The molecule has 5 fully saturated rings. The number of carbonyl (C=O) groups is 2. The maximum absolute atomic E-state index is 13.5. The van der Waals surface area contributed by atoms with Crippen molar-refractivity contribution in [2.45, 2.75) is 65.6 Å². The standard InChI is InChI=1S/C23H39Cl2N7O3S/c1-11-4-12(13-5-19(25)27-7-17(13)35-3)14(6-26-11)21(33)29-23-28-16-9-32(10-18(16)36-23)22(34)20-15(24)8-31(2)30-20/h11-20,23,26-28,30H,4-10H2,1-3H3,(H,29,33). The van der Waals surface area contributed by atoms with Crippen LogP contribution in [0.4, 0.5) is 0 Å². The van der Waals surface area contributed by atoms with Crippen molar-refractivity contribution in [3.8, 4) is 0 Å². The molecule has 10 nitrogen and oxygen atoms in total. The number of rotatable bonds is 5. The first-order valence-corrected chi connectivity index (χ1v) is 14.8. The highest BCUT2D eigenvalue weighted by Gasteiger charge is 2.48. The number of hydrazine groups is 1. The molecule has 0 aliphatic carbocycles. The molecule has 0 radical (unpaired) electrons. The fourth-order valence-corrected chi connectivity index (χ4v) is 8.66. The highest BCUT2D eigenvalue weighted by molar-refractivity contribution is 8.00. The van der Waals surface area contributed by atoms with E-state index in [0.29, 0.717) is 38.8 Å². The minimum absolute atomic E-state index is 0.0502. The van der Waals surface area contributed by atoms with E-state index < -0.39 is 0 Å². The molecular formula is C23H39Cl2N7O3S. The maximum atomic E-state index is 13.5. The average molecular weight is 565 g/mol. The van der Waals surface area contributed by atoms with Gasteiger partial charge in [-0.2, -0.15) is 0 Å². The predicted octanol–water partition coefficient (Wildman–Crippen LogP) is -0.468. The number of hydrogen-bond acceptors (Lipinski definition) is 9. The average Bonchev–Trinajstić information content (AvgIpc) is 3.50. The van der Waals surface area contributed by atoms with Crippen LogP contribution in [0.1, 0.15) is 19.8 Å². The molecule has 5 heterocycles. The zero-order valence-corrected chi connectivity index (χ0v) is 23.4. The van der Waals surface area contributed by atoms with Crippen LogP contribution in [0.5, 0.6) is 0 Å². The number of thioether (sulfide) groups is 1. The first-order chi connectivity index (χ1) is 17.2. The Morgan fingerprint density at radius 3 is 2.58 bits per heavy atom. The van der Waals surface area contributed by atoms with Crippen molar-refractivity contribution in [3.63, 3.8) is 0 Å². The molecule has 11 atom stereocenters. The minimum atomic E-state index is -0.382. The summed E-state index contributed by atoms with van der Waals surface area (Å²) in [7, 11) is 3.64. The van der Waals surface area contributed by atoms with Crippen LogP contribution >= 0.6 is 35.0 Å². The first kappa shape index (κ1) is 27.2. The summed E-state index contributed by atoms with van der Waals surface area (Å²) in [6.07, 6.45) is 1.76. The number of alkyl halides is 2. The van der Waals surface area contributed by atoms with Gasteiger partial charge in [0.15, 0.2) is 0 Å². The van der Waals surface area contributed by atoms with Gasteiger partial charge in [0.25, 0.3) is 0 Å². The van der Waals surface area contributed by atoms with Gasteiger partial charge in [-0.15, -0.1) is 35.0 Å². The van der Waals surface area contributed by atoms with Crippen molar-refractivity contribution >= 4 is 46.8 Å². The number of methoxy groups -OCH3 is 1. The van der Waals surface area contributed by atoms with Gasteiger partial charge in [0.1, 0.15) is 11.5 Å². The largest absolute Gasteiger partial charge is 0.380 e. The van der Waals surface area contributed by atoms with Gasteiger partial charge in [-0.3, -0.25) is 20.2 Å². The fraction of sp³-hybridized carbons (Fsp3) is 0.913. The molecule has 13 heteroatoms. The minimum Gasteiger partial charge on any atom is -0.380 e. The zero-order valence-electron chi connectivity index (χ0n) is 21.1. The monoisotopic (exact) mass is 563 g/mol. The Morgan fingerprint density at radius 1 is 1.08 bits per heavy atom. The van der Waals surface area contributed by atoms with Crippen molar-refractivity contribution in [2.75, 3.05) is 46.9 Å². The molecule has 36 heavy (non-hydrogen) atoms. The van der Waals surface area contributed by atoms with Gasteiger partial charge in [-0.25, -0.2) is 10.4 Å². The number of fused-ring (bicyclic) bond motifs is 1. The second kappa shape index (κ2) is 11.4. The molecule has 0 bridgehead atoms. The van der Waals surface area contributed by atoms with E-state index >= 15 is 0 Å². The van der Waals surface area contributed by atoms with Crippen molar-refractivity contribution in [1.29, 1.82) is 0 Å². The lowest BCUT2D eigenvalue weighted by molar-refractivity contribution is -0.133. The molecule has 5 aliphatic heterocycles. The third-order valence-corrected chi connectivity index (χ3v) is 10.6. The number of likely N-dealkylation sites (tertiary alicyclic amines) is 1. The van der Waals surface area contributed by atoms with Crippen molar-refractivity contribution in [1.82, 2.24) is 36.6 Å². The van der Waals surface area contributed by atoms with Gasteiger partial charge in [0, 0.05) is 64.2 Å². The van der Waals surface area contributed by atoms with Gasteiger partial charge in [-0.1, -0.05) is 0 Å². The summed E-state index contributed by atoms with van der Waals surface area (Å²) in [4.78, 5) is 28.4. The smallest absolute Gasteiger partial charge is 0.242 e. The highest BCUT2D eigenvalue weighted by Crippen LogP contribution is 2.38. The van der Waals surface area contributed by atoms with Crippen LogP contribution in [0.25, 0.3) is 0 Å². The molecule has 0 spiro atoms. The van der Waals surface area contributed by atoms with E-state index in [9.17, 15) is 9.59 Å². The Morgan fingerprint density at radius 2 is 1.89 bits per heavy atom. The Balaban J connectivity index is 1.17. The van der Waals surface area contributed by atoms with E-state index in [1.165, 1.54) is 0 Å². The van der Waals surface area contributed by atoms with E-state index in [1.54, 1.807) is 18.9 Å². The number of nitrogens with one attached hydrogen (secondary N) is 5. The quantitative estimate of drug-likeness (QED) is 0.224. The number of hydrogen-bond donors (Lipinski definition) is 5. The Hall–Kier alpha value is -0.370. The second-order valence-electron chi connectivity index (χ2n) is 10.9. The van der Waals surface area contributed by atoms with Gasteiger partial charge in [0.05, 0.1) is 22.9 Å². The van der Waals surface area contributed by atoms with E-state index in [2.05, 4.69) is 33.6 Å². The van der Waals surface area contributed by atoms with Crippen LogP contribution in [-0.4, -0.2) is 114 Å². The SMILES string of the molecule is COC1CNC(Cl)CC1C1CC(C)NCC1C(=O)NC1NC2CN(C(=O)C3NN(C)CC3Cl)CC2S1. The first-order valence-electron chi connectivity index (χ1n) is 13.0. The Kier molecular flexibility index (Phi) is 8.61. The molecule has 2 amide bonds. The third kappa shape index (κ3) is 5.65. The molecule has 0 saturated carbocycles. The van der Waals surface area contributed by atoms with E-state index in [-0.39, 0.29) is 69.4 Å². The molecule has 5 rings (SSSR count). The second-order valence-corrected chi connectivity index (χ2v) is 13.4. The Bertz CT molecular complexity index is 817. The zero-order chi connectivity index (χ0) is 25.6. The lowest BCUT2D eigenvalue weighted by atomic mass is 9.70. The lowest BCUT2D eigenvalue weighted by Crippen LogP contribution is -2.57. The van der Waals surface area contributed by atoms with Crippen LogP contribution in [0.3, 0.4) is 0 Å². The molecule has 204 valence electrons. The summed E-state index contributed by atoms with van der Waals surface area (Å²) in [5.41, 5.74) is 2.91. The topological polar surface area (TPSA) is 110 Å². The number of amides is 2. The number of piperidine rings is 2. The van der Waals surface area contributed by atoms with Crippen LogP contribution in [0.2, 0.25) is 0 Å². The highest BCUT2D eigenvalue weighted by atomic mass is 35.5. The third-order valence-electron chi connectivity index (χ3n) is 8.48. The van der Waals surface area contributed by atoms with Gasteiger partial charge >= 0.3 is 0 Å². The predicted molar refractivity (Wildman–Crippen MR) is 142 cm³/mol. The fourth-order valence-electron chi connectivity index (χ4n) is 6.59. The number of ether oxygens (including phenoxy) is 1. The van der Waals surface area contributed by atoms with Gasteiger partial charge in [-0.05, 0) is 31.6 Å². The summed E-state index contributed by atoms with van der Waals surface area (Å²) in [6.45, 7) is 5.46. The van der Waals surface area contributed by atoms with Gasteiger partial charge in [0.2, 0.25) is 11.8 Å². The summed E-state index contributed by atoms with van der Waals surface area (Å²) < 4.78 is 5.79. The molecule has 0 aromatic rings. The number of carbonyl (C=O) groups excluding carboxylic acids is 2. The summed E-state index contributed by atoms with van der Waals surface area (Å²) in [6, 6.07) is 0.119. The summed E-state index contributed by atoms with van der Waals surface area (Å²) in [5, 5.41) is 15.5. The molecule has 5 aliphatic rings. The molecule has 11 unspecified atom stereocenters. The van der Waals surface area contributed by atoms with Crippen molar-refractivity contribution in [3.05, 3.63) is 0 Å².